The van der Waals surface area contributed by atoms with Crippen LogP contribution in [0.5, 0.6) is 0 Å². The molecule has 0 nitrogen and oxygen atoms in total. The third-order valence-electron chi connectivity index (χ3n) is 6.59. The molecule has 0 saturated carbocycles. The van der Waals surface area contributed by atoms with Crippen LogP contribution in [-0.4, -0.2) is 0 Å². The van der Waals surface area contributed by atoms with E-state index in [1.54, 1.807) is 33.4 Å². The van der Waals surface area contributed by atoms with E-state index in [2.05, 4.69) is 60.7 Å². The molecule has 4 bridgehead atoms. The van der Waals surface area contributed by atoms with Gasteiger partial charge >= 0.3 is 0 Å². The minimum absolute atomic E-state index is 0.690. The number of fused-ring (bicyclic) bond motifs is 2. The van der Waals surface area contributed by atoms with Crippen molar-refractivity contribution >= 4 is 0 Å². The lowest BCUT2D eigenvalue weighted by Crippen LogP contribution is -2.40. The lowest BCUT2D eigenvalue weighted by molar-refractivity contribution is 0.492. The summed E-state index contributed by atoms with van der Waals surface area (Å²) in [5.41, 5.74) is 13.5. The minimum atomic E-state index is 0.690. The van der Waals surface area contributed by atoms with Crippen molar-refractivity contribution in [3.63, 3.8) is 0 Å². The van der Waals surface area contributed by atoms with Gasteiger partial charge in [0, 0.05) is 23.7 Å². The molecular formula is C22H14. The molecule has 0 N–H and O–H groups in total. The quantitative estimate of drug-likeness (QED) is 0.744. The fourth-order valence-corrected chi connectivity index (χ4v) is 5.94. The molecule has 0 heterocycles. The Labute approximate surface area is 129 Å². The highest BCUT2D eigenvalue weighted by atomic mass is 14.7. The van der Waals surface area contributed by atoms with Crippen LogP contribution in [0.25, 0.3) is 0 Å². The van der Waals surface area contributed by atoms with E-state index in [1.165, 1.54) is 11.1 Å². The topological polar surface area (TPSA) is 0 Å². The molecule has 0 heteroatoms. The third kappa shape index (κ3) is 0.813. The van der Waals surface area contributed by atoms with Crippen molar-refractivity contribution in [1.82, 2.24) is 0 Å². The zero-order valence-corrected chi connectivity index (χ0v) is 12.1. The number of allylic oxidation sites excluding steroid dienone is 6. The van der Waals surface area contributed by atoms with E-state index in [1.807, 2.05) is 0 Å². The van der Waals surface area contributed by atoms with Crippen LogP contribution in [0.2, 0.25) is 0 Å². The highest BCUT2D eigenvalue weighted by molar-refractivity contribution is 5.94. The Kier molecular flexibility index (Phi) is 1.44. The first-order valence-corrected chi connectivity index (χ1v) is 8.30. The van der Waals surface area contributed by atoms with Gasteiger partial charge in [-0.05, 0) is 44.6 Å². The van der Waals surface area contributed by atoms with Crippen molar-refractivity contribution in [2.75, 3.05) is 0 Å². The van der Waals surface area contributed by atoms with Crippen molar-refractivity contribution in [1.29, 1.82) is 0 Å². The van der Waals surface area contributed by atoms with Gasteiger partial charge in [0.1, 0.15) is 0 Å². The summed E-state index contributed by atoms with van der Waals surface area (Å²) in [4.78, 5) is 0. The van der Waals surface area contributed by atoms with Gasteiger partial charge in [-0.2, -0.15) is 0 Å². The summed E-state index contributed by atoms with van der Waals surface area (Å²) in [5.74, 6) is 2.87. The van der Waals surface area contributed by atoms with Gasteiger partial charge in [0.05, 0.1) is 0 Å². The van der Waals surface area contributed by atoms with E-state index in [0.29, 0.717) is 11.8 Å². The first kappa shape index (κ1) is 10.4. The van der Waals surface area contributed by atoms with Crippen LogP contribution >= 0.6 is 0 Å². The predicted molar refractivity (Wildman–Crippen MR) is 86.4 cm³/mol. The van der Waals surface area contributed by atoms with E-state index in [9.17, 15) is 0 Å². The lowest BCUT2D eigenvalue weighted by atomic mass is 9.49. The second kappa shape index (κ2) is 3.05. The highest BCUT2D eigenvalue weighted by Crippen LogP contribution is 2.85. The highest BCUT2D eigenvalue weighted by Gasteiger charge is 2.72. The summed E-state index contributed by atoms with van der Waals surface area (Å²) in [7, 11) is 0. The van der Waals surface area contributed by atoms with E-state index < -0.39 is 0 Å². The zero-order chi connectivity index (χ0) is 14.0. The fourth-order valence-electron chi connectivity index (χ4n) is 5.94. The van der Waals surface area contributed by atoms with Crippen LogP contribution in [0, 0.1) is 11.8 Å². The fraction of sp³-hybridized carbons (Fsp3) is 0.182. The SMILES string of the molecule is c1ccc(C2C3=C4C5=C(C6=C3C5C6c3ccccc3)C42)cc1. The van der Waals surface area contributed by atoms with Gasteiger partial charge in [0.15, 0.2) is 0 Å². The second-order valence-electron chi connectivity index (χ2n) is 7.21. The summed E-state index contributed by atoms with van der Waals surface area (Å²) >= 11 is 0. The van der Waals surface area contributed by atoms with E-state index in [4.69, 9.17) is 0 Å². The van der Waals surface area contributed by atoms with Crippen LogP contribution in [-0.2, 0) is 0 Å². The number of benzene rings is 2. The monoisotopic (exact) mass is 278 g/mol. The summed E-state index contributed by atoms with van der Waals surface area (Å²) in [6.45, 7) is 0. The van der Waals surface area contributed by atoms with Crippen molar-refractivity contribution < 1.29 is 0 Å². The molecule has 0 saturated heterocycles. The summed E-state index contributed by atoms with van der Waals surface area (Å²) in [5, 5.41) is 0. The summed E-state index contributed by atoms with van der Waals surface area (Å²) in [6.07, 6.45) is 0. The average Bonchev–Trinajstić information content (AvgIpc) is 3.00. The van der Waals surface area contributed by atoms with Gasteiger partial charge in [-0.15, -0.1) is 0 Å². The maximum atomic E-state index is 2.32. The van der Waals surface area contributed by atoms with Crippen molar-refractivity contribution in [2.24, 2.45) is 11.8 Å². The summed E-state index contributed by atoms with van der Waals surface area (Å²) in [6, 6.07) is 22.3. The number of hydrogen-bond donors (Lipinski definition) is 0. The van der Waals surface area contributed by atoms with E-state index in [-0.39, 0.29) is 0 Å². The molecule has 0 amide bonds. The molecule has 7 rings (SSSR count). The van der Waals surface area contributed by atoms with Crippen LogP contribution in [0.1, 0.15) is 23.0 Å². The van der Waals surface area contributed by atoms with Gasteiger partial charge in [-0.25, -0.2) is 0 Å². The van der Waals surface area contributed by atoms with Gasteiger partial charge in [0.2, 0.25) is 0 Å². The molecule has 0 fully saturated rings. The van der Waals surface area contributed by atoms with Crippen molar-refractivity contribution in [3.8, 4) is 0 Å². The first-order chi connectivity index (χ1) is 11.0. The van der Waals surface area contributed by atoms with E-state index >= 15 is 0 Å². The Bertz CT molecular complexity index is 966. The molecule has 0 aliphatic heterocycles. The third-order valence-corrected chi connectivity index (χ3v) is 6.59. The Morgan fingerprint density at radius 3 is 1.05 bits per heavy atom. The van der Waals surface area contributed by atoms with Crippen LogP contribution in [0.4, 0.5) is 0 Å². The average molecular weight is 278 g/mol. The molecule has 0 spiro atoms. The smallest absolute Gasteiger partial charge is 0.0211 e. The Balaban J connectivity index is 1.36. The molecule has 0 aromatic heterocycles. The normalized spacial score (nSPS) is 34.7. The molecule has 102 valence electrons. The molecule has 0 radical (unpaired) electrons. The molecule has 5 aliphatic rings. The number of rotatable bonds is 2. The molecule has 2 aromatic carbocycles. The van der Waals surface area contributed by atoms with Crippen LogP contribution in [0.3, 0.4) is 0 Å². The largest absolute Gasteiger partial charge is 0.0622 e. The standard InChI is InChI=1S/C22H14/c1-3-7-11(8-4-1)13-15-19-16-14(12-9-5-2-6-10-12)18-20(15)22(17(13)19)21(16)18/h1-10,13-14,17-18H. The molecule has 4 atom stereocenters. The van der Waals surface area contributed by atoms with Crippen LogP contribution in [0.15, 0.2) is 94.1 Å². The molecule has 2 aromatic rings. The van der Waals surface area contributed by atoms with Crippen LogP contribution < -0.4 is 0 Å². The molecule has 5 aliphatic carbocycles. The second-order valence-corrected chi connectivity index (χ2v) is 7.21. The first-order valence-electron chi connectivity index (χ1n) is 8.30. The zero-order valence-electron chi connectivity index (χ0n) is 12.1. The maximum absolute atomic E-state index is 2.32. The van der Waals surface area contributed by atoms with Crippen molar-refractivity contribution in [2.45, 2.75) is 11.8 Å². The van der Waals surface area contributed by atoms with Gasteiger partial charge in [-0.1, -0.05) is 60.7 Å². The molecular weight excluding hydrogens is 264 g/mol. The Hall–Kier alpha value is -2.34. The molecule has 22 heavy (non-hydrogen) atoms. The van der Waals surface area contributed by atoms with E-state index in [0.717, 1.165) is 11.8 Å². The van der Waals surface area contributed by atoms with Gasteiger partial charge in [0.25, 0.3) is 0 Å². The minimum Gasteiger partial charge on any atom is -0.0622 e. The molecule has 4 unspecified atom stereocenters. The van der Waals surface area contributed by atoms with Crippen molar-refractivity contribution in [3.05, 3.63) is 105 Å². The summed E-state index contributed by atoms with van der Waals surface area (Å²) < 4.78 is 0. The maximum Gasteiger partial charge on any atom is 0.0211 e. The van der Waals surface area contributed by atoms with Gasteiger partial charge in [-0.3, -0.25) is 0 Å². The lowest BCUT2D eigenvalue weighted by Gasteiger charge is -2.53. The Morgan fingerprint density at radius 1 is 0.364 bits per heavy atom. The number of hydrogen-bond acceptors (Lipinski definition) is 0. The van der Waals surface area contributed by atoms with Gasteiger partial charge < -0.3 is 0 Å². The Morgan fingerprint density at radius 2 is 0.682 bits per heavy atom. The predicted octanol–water partition coefficient (Wildman–Crippen LogP) is 4.74.